The van der Waals surface area contributed by atoms with Crippen LogP contribution in [0.25, 0.3) is 10.9 Å². The Bertz CT molecular complexity index is 466. The first-order valence-corrected chi connectivity index (χ1v) is 5.36. The van der Waals surface area contributed by atoms with Crippen LogP contribution in [0.2, 0.25) is 0 Å². The molecule has 2 aromatic rings. The smallest absolute Gasteiger partial charge is 0.157 e. The SMILES string of the molecule is C[N+](C)(C)c1c[nH]c2ccc(Br)cc12. The molecule has 0 aliphatic carbocycles. The second-order valence-electron chi connectivity index (χ2n) is 4.38. The summed E-state index contributed by atoms with van der Waals surface area (Å²) in [6, 6.07) is 6.31. The molecule has 1 aromatic carbocycles. The minimum Gasteiger partial charge on any atom is -0.356 e. The summed E-state index contributed by atoms with van der Waals surface area (Å²) < 4.78 is 1.95. The number of aromatic amines is 1. The van der Waals surface area contributed by atoms with Crippen LogP contribution < -0.4 is 4.48 Å². The fourth-order valence-electron chi connectivity index (χ4n) is 1.63. The van der Waals surface area contributed by atoms with E-state index in [1.54, 1.807) is 0 Å². The van der Waals surface area contributed by atoms with Gasteiger partial charge < -0.3 is 4.98 Å². The average Bonchev–Trinajstić information content (AvgIpc) is 2.45. The Morgan fingerprint density at radius 3 is 2.57 bits per heavy atom. The first kappa shape index (κ1) is 9.74. The Morgan fingerprint density at radius 2 is 1.93 bits per heavy atom. The summed E-state index contributed by atoms with van der Waals surface area (Å²) in [6.07, 6.45) is 2.08. The average molecular weight is 254 g/mol. The molecule has 0 aliphatic rings. The summed E-state index contributed by atoms with van der Waals surface area (Å²) in [7, 11) is 6.51. The van der Waals surface area contributed by atoms with Crippen LogP contribution in [0, 0.1) is 0 Å². The lowest BCUT2D eigenvalue weighted by Gasteiger charge is -2.22. The number of rotatable bonds is 1. The minimum atomic E-state index is 0.830. The zero-order valence-electron chi connectivity index (χ0n) is 8.63. The lowest BCUT2D eigenvalue weighted by Crippen LogP contribution is -2.34. The standard InChI is InChI=1S/C11H14BrN2/c1-14(2,3)11-7-13-10-5-4-8(12)6-9(10)11/h4-7,13H,1-3H3/q+1. The summed E-state index contributed by atoms with van der Waals surface area (Å²) in [5, 5.41) is 1.28. The Balaban J connectivity index is 2.73. The van der Waals surface area contributed by atoms with Crippen molar-refractivity contribution in [2.24, 2.45) is 0 Å². The zero-order chi connectivity index (χ0) is 10.3. The molecule has 0 spiro atoms. The maximum absolute atomic E-state index is 3.50. The van der Waals surface area contributed by atoms with Crippen LogP contribution in [0.5, 0.6) is 0 Å². The third-order valence-corrected chi connectivity index (χ3v) is 2.84. The number of nitrogens with zero attached hydrogens (tertiary/aromatic N) is 1. The van der Waals surface area contributed by atoms with Gasteiger partial charge >= 0.3 is 0 Å². The number of quaternary nitrogens is 1. The molecule has 2 rings (SSSR count). The summed E-state index contributed by atoms with van der Waals surface area (Å²) in [5.41, 5.74) is 2.50. The summed E-state index contributed by atoms with van der Waals surface area (Å²) in [6.45, 7) is 0. The molecule has 0 fully saturated rings. The maximum Gasteiger partial charge on any atom is 0.157 e. The molecule has 3 heteroatoms. The van der Waals surface area contributed by atoms with Gasteiger partial charge in [-0.2, -0.15) is 0 Å². The molecular formula is C11H14BrN2+. The van der Waals surface area contributed by atoms with Gasteiger partial charge in [-0.15, -0.1) is 0 Å². The van der Waals surface area contributed by atoms with Crippen molar-refractivity contribution in [3.63, 3.8) is 0 Å². The summed E-state index contributed by atoms with van der Waals surface area (Å²) >= 11 is 3.50. The zero-order valence-corrected chi connectivity index (χ0v) is 10.2. The Labute approximate surface area is 92.3 Å². The molecule has 0 radical (unpaired) electrons. The van der Waals surface area contributed by atoms with E-state index in [1.165, 1.54) is 16.6 Å². The van der Waals surface area contributed by atoms with E-state index in [4.69, 9.17) is 0 Å². The fourth-order valence-corrected chi connectivity index (χ4v) is 1.99. The van der Waals surface area contributed by atoms with Gasteiger partial charge in [-0.25, -0.2) is 0 Å². The van der Waals surface area contributed by atoms with Gasteiger partial charge in [0.1, 0.15) is 0 Å². The molecule has 14 heavy (non-hydrogen) atoms. The fraction of sp³-hybridized carbons (Fsp3) is 0.273. The second kappa shape index (κ2) is 3.11. The normalized spacial score (nSPS) is 12.3. The molecule has 1 heterocycles. The van der Waals surface area contributed by atoms with Crippen LogP contribution in [0.4, 0.5) is 5.69 Å². The number of benzene rings is 1. The quantitative estimate of drug-likeness (QED) is 0.752. The largest absolute Gasteiger partial charge is 0.356 e. The molecule has 0 atom stereocenters. The van der Waals surface area contributed by atoms with E-state index in [9.17, 15) is 0 Å². The first-order valence-electron chi connectivity index (χ1n) is 4.57. The Morgan fingerprint density at radius 1 is 1.21 bits per heavy atom. The van der Waals surface area contributed by atoms with Crippen molar-refractivity contribution in [1.29, 1.82) is 0 Å². The molecular weight excluding hydrogens is 240 g/mol. The van der Waals surface area contributed by atoms with E-state index in [-0.39, 0.29) is 0 Å². The number of halogens is 1. The Kier molecular flexibility index (Phi) is 2.16. The molecule has 1 N–H and O–H groups in total. The summed E-state index contributed by atoms with van der Waals surface area (Å²) in [5.74, 6) is 0. The van der Waals surface area contributed by atoms with Crippen molar-refractivity contribution >= 4 is 32.5 Å². The number of hydrogen-bond acceptors (Lipinski definition) is 0. The number of nitrogens with one attached hydrogen (secondary N) is 1. The van der Waals surface area contributed by atoms with Gasteiger partial charge in [0.15, 0.2) is 5.69 Å². The predicted octanol–water partition coefficient (Wildman–Crippen LogP) is 3.13. The number of fused-ring (bicyclic) bond motifs is 1. The van der Waals surface area contributed by atoms with Gasteiger partial charge in [-0.3, -0.25) is 4.48 Å². The monoisotopic (exact) mass is 253 g/mol. The number of hydrogen-bond donors (Lipinski definition) is 1. The first-order chi connectivity index (χ1) is 6.48. The highest BCUT2D eigenvalue weighted by Gasteiger charge is 2.17. The Hall–Kier alpha value is -0.800. The highest BCUT2D eigenvalue weighted by atomic mass is 79.9. The van der Waals surface area contributed by atoms with Gasteiger partial charge in [0, 0.05) is 4.47 Å². The summed E-state index contributed by atoms with van der Waals surface area (Å²) in [4.78, 5) is 3.29. The van der Waals surface area contributed by atoms with Crippen LogP contribution >= 0.6 is 15.9 Å². The topological polar surface area (TPSA) is 15.8 Å². The van der Waals surface area contributed by atoms with E-state index in [1.807, 2.05) is 0 Å². The van der Waals surface area contributed by atoms with Crippen LogP contribution in [0.3, 0.4) is 0 Å². The van der Waals surface area contributed by atoms with E-state index in [2.05, 4.69) is 66.5 Å². The molecule has 1 aromatic heterocycles. The lowest BCUT2D eigenvalue weighted by molar-refractivity contribution is 0.490. The van der Waals surface area contributed by atoms with E-state index in [0.717, 1.165) is 8.96 Å². The van der Waals surface area contributed by atoms with Crippen molar-refractivity contribution in [2.45, 2.75) is 0 Å². The predicted molar refractivity (Wildman–Crippen MR) is 65.6 cm³/mol. The van der Waals surface area contributed by atoms with Crippen LogP contribution in [0.1, 0.15) is 0 Å². The third-order valence-electron chi connectivity index (χ3n) is 2.34. The van der Waals surface area contributed by atoms with Crippen LogP contribution in [0.15, 0.2) is 28.9 Å². The molecule has 74 valence electrons. The highest BCUT2D eigenvalue weighted by molar-refractivity contribution is 9.10. The van der Waals surface area contributed by atoms with Crippen molar-refractivity contribution in [3.05, 3.63) is 28.9 Å². The molecule has 0 amide bonds. The van der Waals surface area contributed by atoms with Crippen molar-refractivity contribution < 1.29 is 0 Å². The van der Waals surface area contributed by atoms with Crippen LogP contribution in [-0.2, 0) is 0 Å². The number of aromatic nitrogens is 1. The van der Waals surface area contributed by atoms with Crippen molar-refractivity contribution in [2.75, 3.05) is 21.1 Å². The third kappa shape index (κ3) is 1.57. The molecule has 0 bridgehead atoms. The molecule has 0 unspecified atom stereocenters. The highest BCUT2D eigenvalue weighted by Crippen LogP contribution is 2.30. The van der Waals surface area contributed by atoms with Crippen LogP contribution in [-0.4, -0.2) is 26.1 Å². The van der Waals surface area contributed by atoms with Crippen molar-refractivity contribution in [3.8, 4) is 0 Å². The maximum atomic E-state index is 3.50. The van der Waals surface area contributed by atoms with Gasteiger partial charge in [0.2, 0.25) is 0 Å². The molecule has 2 nitrogen and oxygen atoms in total. The van der Waals surface area contributed by atoms with Gasteiger partial charge in [0.05, 0.1) is 38.2 Å². The molecule has 0 saturated heterocycles. The lowest BCUT2D eigenvalue weighted by atomic mass is 10.2. The van der Waals surface area contributed by atoms with Gasteiger partial charge in [-0.05, 0) is 18.2 Å². The van der Waals surface area contributed by atoms with Gasteiger partial charge in [-0.1, -0.05) is 15.9 Å². The minimum absolute atomic E-state index is 0.830. The van der Waals surface area contributed by atoms with E-state index in [0.29, 0.717) is 0 Å². The van der Waals surface area contributed by atoms with Crippen molar-refractivity contribution in [1.82, 2.24) is 9.47 Å². The second-order valence-corrected chi connectivity index (χ2v) is 5.29. The van der Waals surface area contributed by atoms with Gasteiger partial charge in [0.25, 0.3) is 0 Å². The van der Waals surface area contributed by atoms with E-state index < -0.39 is 0 Å². The molecule has 0 saturated carbocycles. The number of H-pyrrole nitrogens is 1. The van der Waals surface area contributed by atoms with E-state index >= 15 is 0 Å². The molecule has 0 aliphatic heterocycles.